The lowest BCUT2D eigenvalue weighted by Crippen LogP contribution is -2.27. The standard InChI is InChI=1S/C13H16F2N2O.ClH/c14-10-1-2-11(12(15)7-10)13(18)17-6-4-9-3-5-16-8-9;/h1-2,7,9,16H,3-6,8H2,(H,17,18);1H. The number of hydrogen-bond donors (Lipinski definition) is 2. The van der Waals surface area contributed by atoms with E-state index in [1.54, 1.807) is 0 Å². The van der Waals surface area contributed by atoms with E-state index in [1.807, 2.05) is 0 Å². The number of rotatable bonds is 4. The number of nitrogens with one attached hydrogen (secondary N) is 2. The zero-order chi connectivity index (χ0) is 13.0. The van der Waals surface area contributed by atoms with Gasteiger partial charge in [-0.15, -0.1) is 12.4 Å². The summed E-state index contributed by atoms with van der Waals surface area (Å²) in [4.78, 5) is 11.7. The lowest BCUT2D eigenvalue weighted by atomic mass is 10.1. The van der Waals surface area contributed by atoms with Crippen LogP contribution in [0.3, 0.4) is 0 Å². The number of carbonyl (C=O) groups is 1. The van der Waals surface area contributed by atoms with Crippen LogP contribution in [0.4, 0.5) is 8.78 Å². The molecule has 3 nitrogen and oxygen atoms in total. The predicted octanol–water partition coefficient (Wildman–Crippen LogP) is 2.12. The molecule has 19 heavy (non-hydrogen) atoms. The summed E-state index contributed by atoms with van der Waals surface area (Å²) >= 11 is 0. The van der Waals surface area contributed by atoms with E-state index in [0.717, 1.165) is 44.1 Å². The number of carbonyl (C=O) groups excluding carboxylic acids is 1. The molecule has 0 radical (unpaired) electrons. The highest BCUT2D eigenvalue weighted by molar-refractivity contribution is 5.94. The van der Waals surface area contributed by atoms with Crippen LogP contribution < -0.4 is 10.6 Å². The Morgan fingerprint density at radius 3 is 2.84 bits per heavy atom. The average Bonchev–Trinajstić information content (AvgIpc) is 2.81. The molecule has 1 aliphatic heterocycles. The maximum atomic E-state index is 13.3. The number of benzene rings is 1. The van der Waals surface area contributed by atoms with E-state index in [0.29, 0.717) is 12.5 Å². The molecular formula is C13H17ClF2N2O. The Morgan fingerprint density at radius 2 is 2.21 bits per heavy atom. The summed E-state index contributed by atoms with van der Waals surface area (Å²) in [7, 11) is 0. The van der Waals surface area contributed by atoms with Gasteiger partial charge in [-0.05, 0) is 44.0 Å². The second kappa shape index (κ2) is 7.40. The third kappa shape index (κ3) is 4.44. The van der Waals surface area contributed by atoms with Gasteiger partial charge in [-0.3, -0.25) is 4.79 Å². The molecule has 1 atom stereocenters. The zero-order valence-electron chi connectivity index (χ0n) is 10.4. The van der Waals surface area contributed by atoms with Crippen LogP contribution in [0.15, 0.2) is 18.2 Å². The van der Waals surface area contributed by atoms with Gasteiger partial charge in [-0.2, -0.15) is 0 Å². The van der Waals surface area contributed by atoms with Crippen LogP contribution in [0, 0.1) is 17.6 Å². The minimum atomic E-state index is -0.824. The van der Waals surface area contributed by atoms with Gasteiger partial charge in [0, 0.05) is 12.6 Å². The zero-order valence-corrected chi connectivity index (χ0v) is 11.2. The minimum Gasteiger partial charge on any atom is -0.352 e. The van der Waals surface area contributed by atoms with Gasteiger partial charge in [-0.25, -0.2) is 8.78 Å². The second-order valence-corrected chi connectivity index (χ2v) is 4.53. The molecule has 1 unspecified atom stereocenters. The van der Waals surface area contributed by atoms with Gasteiger partial charge in [-0.1, -0.05) is 0 Å². The van der Waals surface area contributed by atoms with Crippen LogP contribution in [0.2, 0.25) is 0 Å². The third-order valence-corrected chi connectivity index (χ3v) is 3.18. The molecule has 0 aromatic heterocycles. The van der Waals surface area contributed by atoms with E-state index >= 15 is 0 Å². The quantitative estimate of drug-likeness (QED) is 0.892. The molecule has 1 amide bonds. The molecule has 6 heteroatoms. The van der Waals surface area contributed by atoms with Crippen LogP contribution in [0.1, 0.15) is 23.2 Å². The lowest BCUT2D eigenvalue weighted by molar-refractivity contribution is 0.0947. The van der Waals surface area contributed by atoms with Crippen molar-refractivity contribution in [1.82, 2.24) is 10.6 Å². The highest BCUT2D eigenvalue weighted by Gasteiger charge is 2.15. The van der Waals surface area contributed by atoms with Crippen molar-refractivity contribution >= 4 is 18.3 Å². The number of hydrogen-bond acceptors (Lipinski definition) is 2. The Labute approximate surface area is 117 Å². The molecule has 1 heterocycles. The fourth-order valence-corrected chi connectivity index (χ4v) is 2.12. The van der Waals surface area contributed by atoms with Crippen molar-refractivity contribution in [3.05, 3.63) is 35.4 Å². The summed E-state index contributed by atoms with van der Waals surface area (Å²) < 4.78 is 26.0. The van der Waals surface area contributed by atoms with E-state index in [-0.39, 0.29) is 18.0 Å². The molecule has 1 aromatic rings. The van der Waals surface area contributed by atoms with E-state index in [4.69, 9.17) is 0 Å². The molecule has 0 spiro atoms. The Kier molecular flexibility index (Phi) is 6.18. The van der Waals surface area contributed by atoms with Gasteiger partial charge in [0.05, 0.1) is 5.56 Å². The van der Waals surface area contributed by atoms with Crippen LogP contribution >= 0.6 is 12.4 Å². The van der Waals surface area contributed by atoms with Crippen molar-refractivity contribution in [1.29, 1.82) is 0 Å². The molecule has 0 aliphatic carbocycles. The Bertz CT molecular complexity index is 437. The van der Waals surface area contributed by atoms with Crippen molar-refractivity contribution in [2.45, 2.75) is 12.8 Å². The summed E-state index contributed by atoms with van der Waals surface area (Å²) in [6, 6.07) is 2.96. The summed E-state index contributed by atoms with van der Waals surface area (Å²) in [5.74, 6) is -1.42. The maximum Gasteiger partial charge on any atom is 0.254 e. The predicted molar refractivity (Wildman–Crippen MR) is 71.5 cm³/mol. The van der Waals surface area contributed by atoms with E-state index in [2.05, 4.69) is 10.6 Å². The van der Waals surface area contributed by atoms with Crippen LogP contribution in [-0.4, -0.2) is 25.5 Å². The Hall–Kier alpha value is -1.20. The molecule has 2 rings (SSSR count). The lowest BCUT2D eigenvalue weighted by Gasteiger charge is -2.09. The molecular weight excluding hydrogens is 274 g/mol. The third-order valence-electron chi connectivity index (χ3n) is 3.18. The van der Waals surface area contributed by atoms with Gasteiger partial charge >= 0.3 is 0 Å². The SMILES string of the molecule is Cl.O=C(NCCC1CCNC1)c1ccc(F)cc1F. The van der Waals surface area contributed by atoms with Gasteiger partial charge in [0.15, 0.2) is 0 Å². The normalized spacial score (nSPS) is 17.9. The van der Waals surface area contributed by atoms with Gasteiger partial charge in [0.25, 0.3) is 5.91 Å². The smallest absolute Gasteiger partial charge is 0.254 e. The molecule has 1 aromatic carbocycles. The van der Waals surface area contributed by atoms with Crippen LogP contribution in [0.5, 0.6) is 0 Å². The first-order valence-corrected chi connectivity index (χ1v) is 6.11. The fraction of sp³-hybridized carbons (Fsp3) is 0.462. The largest absolute Gasteiger partial charge is 0.352 e. The molecule has 0 bridgehead atoms. The number of halogens is 3. The van der Waals surface area contributed by atoms with E-state index in [9.17, 15) is 13.6 Å². The van der Waals surface area contributed by atoms with E-state index < -0.39 is 17.5 Å². The minimum absolute atomic E-state index is 0. The van der Waals surface area contributed by atoms with Crippen LogP contribution in [-0.2, 0) is 0 Å². The number of amides is 1. The average molecular weight is 291 g/mol. The Balaban J connectivity index is 0.00000180. The summed E-state index contributed by atoms with van der Waals surface area (Å²) in [5, 5.41) is 5.90. The van der Waals surface area contributed by atoms with Crippen LogP contribution in [0.25, 0.3) is 0 Å². The van der Waals surface area contributed by atoms with Crippen molar-refractivity contribution in [2.75, 3.05) is 19.6 Å². The molecule has 2 N–H and O–H groups in total. The summed E-state index contributed by atoms with van der Waals surface area (Å²) in [6.07, 6.45) is 1.99. The molecule has 1 aliphatic rings. The summed E-state index contributed by atoms with van der Waals surface area (Å²) in [6.45, 7) is 2.51. The van der Waals surface area contributed by atoms with Crippen molar-refractivity contribution in [2.24, 2.45) is 5.92 Å². The molecule has 1 saturated heterocycles. The molecule has 0 saturated carbocycles. The highest BCUT2D eigenvalue weighted by Crippen LogP contribution is 2.12. The maximum absolute atomic E-state index is 13.3. The van der Waals surface area contributed by atoms with Gasteiger partial charge < -0.3 is 10.6 Å². The first-order valence-electron chi connectivity index (χ1n) is 6.11. The fourth-order valence-electron chi connectivity index (χ4n) is 2.12. The first kappa shape index (κ1) is 15.9. The molecule has 1 fully saturated rings. The van der Waals surface area contributed by atoms with Gasteiger partial charge in [0.2, 0.25) is 0 Å². The topological polar surface area (TPSA) is 41.1 Å². The Morgan fingerprint density at radius 1 is 1.42 bits per heavy atom. The van der Waals surface area contributed by atoms with Gasteiger partial charge in [0.1, 0.15) is 11.6 Å². The monoisotopic (exact) mass is 290 g/mol. The molecule has 106 valence electrons. The highest BCUT2D eigenvalue weighted by atomic mass is 35.5. The van der Waals surface area contributed by atoms with Crippen molar-refractivity contribution in [3.63, 3.8) is 0 Å². The second-order valence-electron chi connectivity index (χ2n) is 4.53. The first-order chi connectivity index (χ1) is 8.66. The van der Waals surface area contributed by atoms with E-state index in [1.165, 1.54) is 0 Å². The summed E-state index contributed by atoms with van der Waals surface area (Å²) in [5.41, 5.74) is -0.110. The van der Waals surface area contributed by atoms with Crippen molar-refractivity contribution in [3.8, 4) is 0 Å². The van der Waals surface area contributed by atoms with Crippen molar-refractivity contribution < 1.29 is 13.6 Å².